The van der Waals surface area contributed by atoms with Gasteiger partial charge in [0.2, 0.25) is 0 Å². The smallest absolute Gasteiger partial charge is 0.142 e. The Morgan fingerprint density at radius 2 is 2.15 bits per heavy atom. The molecular formula is C16H19NO2S. The van der Waals surface area contributed by atoms with E-state index in [0.717, 1.165) is 35.6 Å². The van der Waals surface area contributed by atoms with Gasteiger partial charge in [-0.15, -0.1) is 11.3 Å². The average molecular weight is 289 g/mol. The molecule has 1 unspecified atom stereocenters. The van der Waals surface area contributed by atoms with Crippen molar-refractivity contribution in [2.45, 2.75) is 31.9 Å². The summed E-state index contributed by atoms with van der Waals surface area (Å²) in [6, 6.07) is 10.8. The first-order valence-electron chi connectivity index (χ1n) is 6.91. The molecule has 0 bridgehead atoms. The van der Waals surface area contributed by atoms with Crippen molar-refractivity contribution in [1.29, 1.82) is 0 Å². The van der Waals surface area contributed by atoms with Gasteiger partial charge in [0, 0.05) is 22.2 Å². The Morgan fingerprint density at radius 1 is 1.30 bits per heavy atom. The highest BCUT2D eigenvalue weighted by Crippen LogP contribution is 2.34. The second-order valence-corrected chi connectivity index (χ2v) is 6.36. The number of para-hydroxylation sites is 1. The van der Waals surface area contributed by atoms with Gasteiger partial charge in [-0.2, -0.15) is 0 Å². The average Bonchev–Trinajstić information content (AvgIpc) is 2.94. The van der Waals surface area contributed by atoms with Crippen LogP contribution >= 0.6 is 11.3 Å². The molecule has 2 N–H and O–H groups in total. The molecule has 2 heterocycles. The van der Waals surface area contributed by atoms with Crippen LogP contribution in [0, 0.1) is 0 Å². The molecule has 0 saturated carbocycles. The van der Waals surface area contributed by atoms with E-state index in [0.29, 0.717) is 6.04 Å². The van der Waals surface area contributed by atoms with Gasteiger partial charge in [-0.1, -0.05) is 12.1 Å². The molecule has 0 amide bonds. The minimum Gasteiger partial charge on any atom is -0.495 e. The van der Waals surface area contributed by atoms with Crippen LogP contribution in [0.1, 0.15) is 21.7 Å². The highest BCUT2D eigenvalue weighted by Gasteiger charge is 2.21. The van der Waals surface area contributed by atoms with Crippen LogP contribution in [0.15, 0.2) is 30.3 Å². The van der Waals surface area contributed by atoms with E-state index in [1.165, 1.54) is 10.4 Å². The van der Waals surface area contributed by atoms with Crippen molar-refractivity contribution in [3.63, 3.8) is 0 Å². The lowest BCUT2D eigenvalue weighted by Crippen LogP contribution is -2.27. The summed E-state index contributed by atoms with van der Waals surface area (Å²) < 4.78 is 5.44. The number of hydrogen-bond donors (Lipinski definition) is 2. The summed E-state index contributed by atoms with van der Waals surface area (Å²) in [5.74, 6) is 0.925. The Bertz CT molecular complexity index is 580. The van der Waals surface area contributed by atoms with E-state index < -0.39 is 0 Å². The van der Waals surface area contributed by atoms with Crippen LogP contribution in [0.3, 0.4) is 0 Å². The fraction of sp³-hybridized carbons (Fsp3) is 0.375. The molecule has 1 atom stereocenters. The Morgan fingerprint density at radius 3 is 2.90 bits per heavy atom. The maximum atomic E-state index is 9.13. The Hall–Kier alpha value is -1.52. The van der Waals surface area contributed by atoms with Crippen molar-refractivity contribution in [2.24, 2.45) is 0 Å². The van der Waals surface area contributed by atoms with Gasteiger partial charge in [0.1, 0.15) is 5.75 Å². The summed E-state index contributed by atoms with van der Waals surface area (Å²) in [5, 5.41) is 12.7. The van der Waals surface area contributed by atoms with Gasteiger partial charge in [-0.3, -0.25) is 0 Å². The lowest BCUT2D eigenvalue weighted by Gasteiger charge is -2.28. The fourth-order valence-corrected chi connectivity index (χ4v) is 3.70. The number of aryl methyl sites for hydroxylation is 1. The number of rotatable bonds is 4. The normalized spacial score (nSPS) is 17.4. The summed E-state index contributed by atoms with van der Waals surface area (Å²) >= 11 is 1.70. The Kier molecular flexibility index (Phi) is 3.94. The van der Waals surface area contributed by atoms with Gasteiger partial charge in [-0.05, 0) is 36.6 Å². The van der Waals surface area contributed by atoms with E-state index in [4.69, 9.17) is 9.84 Å². The molecular weight excluding hydrogens is 270 g/mol. The van der Waals surface area contributed by atoms with Gasteiger partial charge in [0.25, 0.3) is 0 Å². The zero-order chi connectivity index (χ0) is 13.9. The maximum Gasteiger partial charge on any atom is 0.142 e. The van der Waals surface area contributed by atoms with Crippen molar-refractivity contribution >= 4 is 17.0 Å². The SMILES string of the molecule is COc1cccc2c1NC(Cc1ccc(CO)s1)CC2. The van der Waals surface area contributed by atoms with E-state index in [2.05, 4.69) is 17.4 Å². The lowest BCUT2D eigenvalue weighted by molar-refractivity contribution is 0.285. The number of aliphatic hydroxyl groups excluding tert-OH is 1. The van der Waals surface area contributed by atoms with Gasteiger partial charge in [0.05, 0.1) is 19.4 Å². The van der Waals surface area contributed by atoms with E-state index in [-0.39, 0.29) is 6.61 Å². The highest BCUT2D eigenvalue weighted by atomic mass is 32.1. The van der Waals surface area contributed by atoms with Crippen LogP contribution in [0.25, 0.3) is 0 Å². The monoisotopic (exact) mass is 289 g/mol. The second kappa shape index (κ2) is 5.85. The van der Waals surface area contributed by atoms with Gasteiger partial charge in [0.15, 0.2) is 0 Å². The molecule has 0 saturated heterocycles. The molecule has 3 nitrogen and oxygen atoms in total. The van der Waals surface area contributed by atoms with Crippen molar-refractivity contribution in [3.05, 3.63) is 45.6 Å². The van der Waals surface area contributed by atoms with E-state index in [1.54, 1.807) is 18.4 Å². The quantitative estimate of drug-likeness (QED) is 0.908. The molecule has 1 aromatic heterocycles. The number of nitrogens with one attached hydrogen (secondary N) is 1. The number of ether oxygens (including phenoxy) is 1. The zero-order valence-electron chi connectivity index (χ0n) is 11.6. The largest absolute Gasteiger partial charge is 0.495 e. The van der Waals surface area contributed by atoms with Crippen LogP contribution < -0.4 is 10.1 Å². The predicted octanol–water partition coefficient (Wildman–Crippen LogP) is 3.22. The first-order valence-corrected chi connectivity index (χ1v) is 7.72. The zero-order valence-corrected chi connectivity index (χ0v) is 12.4. The molecule has 1 aromatic carbocycles. The topological polar surface area (TPSA) is 41.5 Å². The number of hydrogen-bond acceptors (Lipinski definition) is 4. The van der Waals surface area contributed by atoms with Gasteiger partial charge < -0.3 is 15.2 Å². The number of thiophene rings is 1. The summed E-state index contributed by atoms with van der Waals surface area (Å²) in [5.41, 5.74) is 2.48. The summed E-state index contributed by atoms with van der Waals surface area (Å²) in [4.78, 5) is 2.36. The standard InChI is InChI=1S/C16H19NO2S/c1-19-15-4-2-3-11-5-6-12(17-16(11)15)9-13-7-8-14(10-18)20-13/h2-4,7-8,12,17-18H,5-6,9-10H2,1H3. The van der Waals surface area contributed by atoms with Crippen LogP contribution in [0.2, 0.25) is 0 Å². The molecule has 4 heteroatoms. The number of fused-ring (bicyclic) bond motifs is 1. The number of methoxy groups -OCH3 is 1. The van der Waals surface area contributed by atoms with E-state index in [1.807, 2.05) is 18.2 Å². The van der Waals surface area contributed by atoms with Crippen molar-refractivity contribution < 1.29 is 9.84 Å². The number of aliphatic hydroxyl groups is 1. The van der Waals surface area contributed by atoms with Crippen molar-refractivity contribution in [2.75, 3.05) is 12.4 Å². The van der Waals surface area contributed by atoms with E-state index >= 15 is 0 Å². The molecule has 0 fully saturated rings. The molecule has 20 heavy (non-hydrogen) atoms. The van der Waals surface area contributed by atoms with Crippen LogP contribution in [0.5, 0.6) is 5.75 Å². The molecule has 0 aliphatic carbocycles. The molecule has 3 rings (SSSR count). The van der Waals surface area contributed by atoms with Crippen LogP contribution in [-0.2, 0) is 19.4 Å². The second-order valence-electron chi connectivity index (χ2n) is 5.10. The maximum absolute atomic E-state index is 9.13. The summed E-state index contributed by atoms with van der Waals surface area (Å²) in [7, 11) is 1.72. The Balaban J connectivity index is 1.74. The van der Waals surface area contributed by atoms with Gasteiger partial charge >= 0.3 is 0 Å². The molecule has 0 radical (unpaired) electrons. The van der Waals surface area contributed by atoms with Crippen molar-refractivity contribution in [1.82, 2.24) is 0 Å². The Labute approximate surface area is 123 Å². The third-order valence-corrected chi connectivity index (χ3v) is 4.86. The van der Waals surface area contributed by atoms with E-state index in [9.17, 15) is 0 Å². The lowest BCUT2D eigenvalue weighted by atomic mass is 9.95. The highest BCUT2D eigenvalue weighted by molar-refractivity contribution is 7.11. The first kappa shape index (κ1) is 13.5. The minimum absolute atomic E-state index is 0.138. The third kappa shape index (κ3) is 2.67. The van der Waals surface area contributed by atoms with Gasteiger partial charge in [-0.25, -0.2) is 0 Å². The number of anilines is 1. The molecule has 2 aromatic rings. The van der Waals surface area contributed by atoms with Crippen molar-refractivity contribution in [3.8, 4) is 5.75 Å². The first-order chi connectivity index (χ1) is 9.80. The van der Waals surface area contributed by atoms with Crippen LogP contribution in [-0.4, -0.2) is 18.3 Å². The molecule has 106 valence electrons. The van der Waals surface area contributed by atoms with Crippen LogP contribution in [0.4, 0.5) is 5.69 Å². The molecule has 1 aliphatic rings. The third-order valence-electron chi connectivity index (χ3n) is 3.76. The minimum atomic E-state index is 0.138. The summed E-state index contributed by atoms with van der Waals surface area (Å²) in [6.45, 7) is 0.138. The predicted molar refractivity (Wildman–Crippen MR) is 82.7 cm³/mol. The summed E-state index contributed by atoms with van der Waals surface area (Å²) in [6.07, 6.45) is 3.22. The molecule has 1 aliphatic heterocycles. The fourth-order valence-electron chi connectivity index (χ4n) is 2.74. The number of benzene rings is 1. The molecule has 0 spiro atoms.